The van der Waals surface area contributed by atoms with Gasteiger partial charge in [0.15, 0.2) is 11.5 Å². The quantitative estimate of drug-likeness (QED) is 0.286. The summed E-state index contributed by atoms with van der Waals surface area (Å²) in [7, 11) is -0.0594. The second-order valence-corrected chi connectivity index (χ2v) is 11.8. The standard InChI is InChI=1S/C31H38FN3O7S/c1-7-27(31(37)33-21(2)3)34(19-22-8-14-25(40-4)15-9-22)30(36)20-35(24-12-10-23(32)11-13-24)43(38,39)26-16-17-28(41-5)29(18-26)42-6/h8-18,21,27H,7,19-20H2,1-6H3,(H,33,37)/t27-/m0/s1. The minimum atomic E-state index is -4.40. The number of hydrogen-bond acceptors (Lipinski definition) is 7. The van der Waals surface area contributed by atoms with Gasteiger partial charge in [-0.25, -0.2) is 12.8 Å². The van der Waals surface area contributed by atoms with Crippen molar-refractivity contribution < 1.29 is 36.6 Å². The molecule has 10 nitrogen and oxygen atoms in total. The van der Waals surface area contributed by atoms with Gasteiger partial charge in [-0.15, -0.1) is 0 Å². The van der Waals surface area contributed by atoms with Crippen LogP contribution in [0.25, 0.3) is 0 Å². The molecule has 0 heterocycles. The zero-order valence-corrected chi connectivity index (χ0v) is 26.0. The molecule has 0 aliphatic carbocycles. The van der Waals surface area contributed by atoms with Crippen molar-refractivity contribution in [1.82, 2.24) is 10.2 Å². The highest BCUT2D eigenvalue weighted by Gasteiger charge is 2.34. The lowest BCUT2D eigenvalue weighted by Gasteiger charge is -2.33. The van der Waals surface area contributed by atoms with Crippen LogP contribution in [0.15, 0.2) is 71.6 Å². The Morgan fingerprint density at radius 2 is 1.51 bits per heavy atom. The lowest BCUT2D eigenvalue weighted by molar-refractivity contribution is -0.140. The van der Waals surface area contributed by atoms with E-state index in [1.54, 1.807) is 31.2 Å². The molecule has 0 unspecified atom stereocenters. The zero-order chi connectivity index (χ0) is 31.7. The van der Waals surface area contributed by atoms with Crippen molar-refractivity contribution in [2.45, 2.75) is 50.7 Å². The molecule has 0 bridgehead atoms. The molecule has 1 N–H and O–H groups in total. The second-order valence-electron chi connectivity index (χ2n) is 9.96. The second kappa shape index (κ2) is 14.7. The molecule has 1 atom stereocenters. The first-order valence-corrected chi connectivity index (χ1v) is 15.1. The number of benzene rings is 3. The number of nitrogens with one attached hydrogen (secondary N) is 1. The number of methoxy groups -OCH3 is 3. The molecule has 12 heteroatoms. The summed E-state index contributed by atoms with van der Waals surface area (Å²) in [6.07, 6.45) is 0.277. The van der Waals surface area contributed by atoms with Gasteiger partial charge in [0.1, 0.15) is 24.2 Å². The molecule has 0 aromatic heterocycles. The van der Waals surface area contributed by atoms with E-state index in [0.717, 1.165) is 16.4 Å². The van der Waals surface area contributed by atoms with Crippen LogP contribution in [0, 0.1) is 5.82 Å². The summed E-state index contributed by atoms with van der Waals surface area (Å²) in [6.45, 7) is 4.76. The number of ether oxygens (including phenoxy) is 3. The van der Waals surface area contributed by atoms with Crippen LogP contribution in [0.1, 0.15) is 32.8 Å². The Balaban J connectivity index is 2.09. The SMILES string of the molecule is CC[C@@H](C(=O)NC(C)C)N(Cc1ccc(OC)cc1)C(=O)CN(c1ccc(F)cc1)S(=O)(=O)c1ccc(OC)c(OC)c1. The molecule has 0 aliphatic heterocycles. The van der Waals surface area contributed by atoms with E-state index in [0.29, 0.717) is 17.1 Å². The Morgan fingerprint density at radius 3 is 2.05 bits per heavy atom. The molecular formula is C31H38FN3O7S. The van der Waals surface area contributed by atoms with E-state index in [9.17, 15) is 22.4 Å². The number of sulfonamides is 1. The van der Waals surface area contributed by atoms with Crippen LogP contribution in [0.4, 0.5) is 10.1 Å². The summed E-state index contributed by atoms with van der Waals surface area (Å²) < 4.78 is 58.6. The van der Waals surface area contributed by atoms with Crippen molar-refractivity contribution in [1.29, 1.82) is 0 Å². The third-order valence-corrected chi connectivity index (χ3v) is 8.44. The van der Waals surface area contributed by atoms with Crippen molar-refractivity contribution in [3.8, 4) is 17.2 Å². The molecule has 2 amide bonds. The number of amides is 2. The molecule has 0 saturated carbocycles. The van der Waals surface area contributed by atoms with Crippen LogP contribution in [-0.2, 0) is 26.2 Å². The van der Waals surface area contributed by atoms with E-state index >= 15 is 0 Å². The van der Waals surface area contributed by atoms with Crippen LogP contribution in [0.2, 0.25) is 0 Å². The van der Waals surface area contributed by atoms with Crippen LogP contribution >= 0.6 is 0 Å². The average Bonchev–Trinajstić information content (AvgIpc) is 2.99. The number of anilines is 1. The monoisotopic (exact) mass is 615 g/mol. The highest BCUT2D eigenvalue weighted by Crippen LogP contribution is 2.32. The number of halogens is 1. The van der Waals surface area contributed by atoms with Gasteiger partial charge in [0.05, 0.1) is 31.9 Å². The Hall–Kier alpha value is -4.32. The molecule has 3 aromatic rings. The molecule has 0 spiro atoms. The van der Waals surface area contributed by atoms with E-state index in [1.807, 2.05) is 13.8 Å². The van der Waals surface area contributed by atoms with Gasteiger partial charge in [-0.05, 0) is 74.4 Å². The van der Waals surface area contributed by atoms with Crippen molar-refractivity contribution >= 4 is 27.5 Å². The summed E-state index contributed by atoms with van der Waals surface area (Å²) >= 11 is 0. The number of nitrogens with zero attached hydrogens (tertiary/aromatic N) is 2. The highest BCUT2D eigenvalue weighted by atomic mass is 32.2. The fourth-order valence-electron chi connectivity index (χ4n) is 4.47. The van der Waals surface area contributed by atoms with E-state index in [2.05, 4.69) is 5.32 Å². The summed E-state index contributed by atoms with van der Waals surface area (Å²) in [5, 5.41) is 2.85. The Bertz CT molecular complexity index is 1500. The minimum Gasteiger partial charge on any atom is -0.497 e. The van der Waals surface area contributed by atoms with Gasteiger partial charge in [0.25, 0.3) is 10.0 Å². The van der Waals surface area contributed by atoms with Crippen LogP contribution in [-0.4, -0.2) is 65.1 Å². The Kier molecular flexibility index (Phi) is 11.4. The van der Waals surface area contributed by atoms with Gasteiger partial charge in [0, 0.05) is 18.7 Å². The lowest BCUT2D eigenvalue weighted by Crippen LogP contribution is -2.53. The van der Waals surface area contributed by atoms with Gasteiger partial charge in [-0.1, -0.05) is 19.1 Å². The van der Waals surface area contributed by atoms with Crippen molar-refractivity contribution in [2.24, 2.45) is 0 Å². The smallest absolute Gasteiger partial charge is 0.264 e. The Morgan fingerprint density at radius 1 is 0.884 bits per heavy atom. The molecule has 0 radical (unpaired) electrons. The molecule has 232 valence electrons. The van der Waals surface area contributed by atoms with Crippen molar-refractivity contribution in [2.75, 3.05) is 32.2 Å². The topological polar surface area (TPSA) is 114 Å². The van der Waals surface area contributed by atoms with Crippen LogP contribution in [0.3, 0.4) is 0 Å². The predicted molar refractivity (Wildman–Crippen MR) is 161 cm³/mol. The summed E-state index contributed by atoms with van der Waals surface area (Å²) in [4.78, 5) is 28.5. The third kappa shape index (κ3) is 8.16. The van der Waals surface area contributed by atoms with Crippen molar-refractivity contribution in [3.63, 3.8) is 0 Å². The summed E-state index contributed by atoms with van der Waals surface area (Å²) in [5.41, 5.74) is 0.773. The first-order chi connectivity index (χ1) is 20.4. The van der Waals surface area contributed by atoms with Gasteiger partial charge < -0.3 is 24.4 Å². The first-order valence-electron chi connectivity index (χ1n) is 13.7. The van der Waals surface area contributed by atoms with E-state index in [1.165, 1.54) is 56.6 Å². The molecule has 3 rings (SSSR count). The van der Waals surface area contributed by atoms with Gasteiger partial charge in [-0.3, -0.25) is 13.9 Å². The minimum absolute atomic E-state index is 0.0283. The molecule has 0 aliphatic rings. The highest BCUT2D eigenvalue weighted by molar-refractivity contribution is 7.92. The number of rotatable bonds is 14. The van der Waals surface area contributed by atoms with Crippen LogP contribution < -0.4 is 23.8 Å². The van der Waals surface area contributed by atoms with Crippen molar-refractivity contribution in [3.05, 3.63) is 78.1 Å². The van der Waals surface area contributed by atoms with E-state index < -0.39 is 34.3 Å². The first kappa shape index (κ1) is 33.2. The van der Waals surface area contributed by atoms with Gasteiger partial charge in [0.2, 0.25) is 11.8 Å². The van der Waals surface area contributed by atoms with E-state index in [4.69, 9.17) is 14.2 Å². The Labute approximate surface area is 252 Å². The lowest BCUT2D eigenvalue weighted by atomic mass is 10.1. The largest absolute Gasteiger partial charge is 0.497 e. The van der Waals surface area contributed by atoms with E-state index in [-0.39, 0.29) is 41.2 Å². The number of carbonyl (C=O) groups excluding carboxylic acids is 2. The maximum atomic E-state index is 14.1. The molecule has 0 saturated heterocycles. The molecule has 3 aromatic carbocycles. The predicted octanol–water partition coefficient (Wildman–Crippen LogP) is 4.38. The maximum Gasteiger partial charge on any atom is 0.264 e. The summed E-state index contributed by atoms with van der Waals surface area (Å²) in [6, 6.07) is 14.8. The molecule has 0 fully saturated rings. The molecule has 43 heavy (non-hydrogen) atoms. The summed E-state index contributed by atoms with van der Waals surface area (Å²) in [5.74, 6) is -0.457. The van der Waals surface area contributed by atoms with Gasteiger partial charge >= 0.3 is 0 Å². The maximum absolute atomic E-state index is 14.1. The number of carbonyl (C=O) groups is 2. The fraction of sp³-hybridized carbons (Fsp3) is 0.355. The normalized spacial score (nSPS) is 11.9. The molecular weight excluding hydrogens is 577 g/mol. The third-order valence-electron chi connectivity index (χ3n) is 6.67. The van der Waals surface area contributed by atoms with Gasteiger partial charge in [-0.2, -0.15) is 0 Å². The fourth-order valence-corrected chi connectivity index (χ4v) is 5.90. The zero-order valence-electron chi connectivity index (χ0n) is 25.2. The average molecular weight is 616 g/mol. The number of hydrogen-bond donors (Lipinski definition) is 1. The van der Waals surface area contributed by atoms with Crippen LogP contribution in [0.5, 0.6) is 17.2 Å².